The fourth-order valence-corrected chi connectivity index (χ4v) is 2.65. The number of hydrogen-bond acceptors (Lipinski definition) is 5. The van der Waals surface area contributed by atoms with E-state index in [-0.39, 0.29) is 5.91 Å². The van der Waals surface area contributed by atoms with Crippen molar-refractivity contribution in [3.05, 3.63) is 58.6 Å². The van der Waals surface area contributed by atoms with Crippen LogP contribution >= 0.6 is 11.5 Å². The van der Waals surface area contributed by atoms with Crippen LogP contribution < -0.4 is 10.9 Å². The van der Waals surface area contributed by atoms with Gasteiger partial charge in [0.05, 0.1) is 5.69 Å². The predicted octanol–water partition coefficient (Wildman–Crippen LogP) is 2.07. The summed E-state index contributed by atoms with van der Waals surface area (Å²) in [6.07, 6.45) is 0. The van der Waals surface area contributed by atoms with E-state index in [0.29, 0.717) is 16.1 Å². The van der Waals surface area contributed by atoms with Gasteiger partial charge in [0, 0.05) is 5.56 Å². The molecule has 7 heteroatoms. The Morgan fingerprint density at radius 1 is 1.00 bits per heavy atom. The van der Waals surface area contributed by atoms with Gasteiger partial charge in [0.15, 0.2) is 0 Å². The van der Waals surface area contributed by atoms with Gasteiger partial charge in [0.2, 0.25) is 0 Å². The lowest BCUT2D eigenvalue weighted by molar-refractivity contribution is 0.0849. The van der Waals surface area contributed by atoms with Crippen molar-refractivity contribution in [2.24, 2.45) is 0 Å². The summed E-state index contributed by atoms with van der Waals surface area (Å²) in [5.74, 6) is -0.804. The van der Waals surface area contributed by atoms with Gasteiger partial charge in [0.1, 0.15) is 4.88 Å². The summed E-state index contributed by atoms with van der Waals surface area (Å²) in [7, 11) is 0. The first-order valence-electron chi connectivity index (χ1n) is 6.54. The summed E-state index contributed by atoms with van der Waals surface area (Å²) >= 11 is 0.983. The van der Waals surface area contributed by atoms with E-state index in [9.17, 15) is 9.59 Å². The average molecular weight is 312 g/mol. The Morgan fingerprint density at radius 3 is 2.50 bits per heavy atom. The number of nitrogens with one attached hydrogen (secondary N) is 2. The maximum Gasteiger partial charge on any atom is 0.283 e. The number of nitrogens with zero attached hydrogens (tertiary/aromatic N) is 2. The number of hydrazine groups is 1. The largest absolute Gasteiger partial charge is 0.283 e. The number of amides is 2. The number of hydrogen-bond donors (Lipinski definition) is 2. The van der Waals surface area contributed by atoms with Crippen molar-refractivity contribution in [3.63, 3.8) is 0 Å². The van der Waals surface area contributed by atoms with Crippen molar-refractivity contribution >= 4 is 34.1 Å². The van der Waals surface area contributed by atoms with Crippen LogP contribution in [-0.2, 0) is 0 Å². The molecule has 0 radical (unpaired) electrons. The number of rotatable bonds is 2. The second-order valence-corrected chi connectivity index (χ2v) is 5.38. The molecule has 2 amide bonds. The lowest BCUT2D eigenvalue weighted by Gasteiger charge is -2.08. The smallest absolute Gasteiger partial charge is 0.267 e. The van der Waals surface area contributed by atoms with Crippen LogP contribution in [0, 0.1) is 6.92 Å². The minimum Gasteiger partial charge on any atom is -0.267 e. The zero-order chi connectivity index (χ0) is 15.5. The zero-order valence-electron chi connectivity index (χ0n) is 11.7. The van der Waals surface area contributed by atoms with Crippen LogP contribution in [-0.4, -0.2) is 21.4 Å². The van der Waals surface area contributed by atoms with E-state index < -0.39 is 5.91 Å². The summed E-state index contributed by atoms with van der Waals surface area (Å²) in [4.78, 5) is 24.6. The van der Waals surface area contributed by atoms with Gasteiger partial charge in [0.25, 0.3) is 11.8 Å². The maximum atomic E-state index is 12.3. The predicted molar refractivity (Wildman–Crippen MR) is 83.5 cm³/mol. The Hall–Kier alpha value is -2.80. The molecule has 0 bridgehead atoms. The molecular weight excluding hydrogens is 300 g/mol. The SMILES string of the molecule is Cc1nnsc1C(=O)NNC(=O)c1cccc2ccccc12. The number of carbonyl (C=O) groups is 2. The molecule has 0 atom stereocenters. The van der Waals surface area contributed by atoms with Crippen LogP contribution in [0.1, 0.15) is 25.7 Å². The molecule has 2 N–H and O–H groups in total. The molecule has 0 aliphatic heterocycles. The highest BCUT2D eigenvalue weighted by atomic mass is 32.1. The molecule has 0 aliphatic rings. The summed E-state index contributed by atoms with van der Waals surface area (Å²) in [6, 6.07) is 13.0. The third-order valence-corrected chi connectivity index (χ3v) is 4.01. The molecule has 0 saturated heterocycles. The van der Waals surface area contributed by atoms with Crippen molar-refractivity contribution in [1.82, 2.24) is 20.4 Å². The highest BCUT2D eigenvalue weighted by molar-refractivity contribution is 7.07. The van der Waals surface area contributed by atoms with Gasteiger partial charge in [-0.15, -0.1) is 5.10 Å². The summed E-state index contributed by atoms with van der Waals surface area (Å²) in [5.41, 5.74) is 5.83. The van der Waals surface area contributed by atoms with Gasteiger partial charge >= 0.3 is 0 Å². The Labute approximate surface area is 130 Å². The van der Waals surface area contributed by atoms with Gasteiger partial charge in [-0.25, -0.2) is 0 Å². The van der Waals surface area contributed by atoms with Crippen LogP contribution in [0.4, 0.5) is 0 Å². The van der Waals surface area contributed by atoms with Crippen molar-refractivity contribution in [2.75, 3.05) is 0 Å². The zero-order valence-corrected chi connectivity index (χ0v) is 12.5. The van der Waals surface area contributed by atoms with Crippen LogP contribution in [0.3, 0.4) is 0 Å². The molecule has 3 rings (SSSR count). The first-order chi connectivity index (χ1) is 10.7. The van der Waals surface area contributed by atoms with E-state index in [4.69, 9.17) is 0 Å². The third kappa shape index (κ3) is 2.66. The molecule has 1 aromatic heterocycles. The first kappa shape index (κ1) is 14.2. The van der Waals surface area contributed by atoms with Crippen molar-refractivity contribution in [2.45, 2.75) is 6.92 Å². The van der Waals surface area contributed by atoms with Gasteiger partial charge in [-0.2, -0.15) is 0 Å². The minimum absolute atomic E-state index is 0.373. The van der Waals surface area contributed by atoms with E-state index in [0.717, 1.165) is 22.3 Å². The molecule has 0 spiro atoms. The molecule has 0 saturated carbocycles. The summed E-state index contributed by atoms with van der Waals surface area (Å²) < 4.78 is 3.69. The Balaban J connectivity index is 1.77. The van der Waals surface area contributed by atoms with Crippen LogP contribution in [0.15, 0.2) is 42.5 Å². The molecule has 0 fully saturated rings. The third-order valence-electron chi connectivity index (χ3n) is 3.18. The molecular formula is C15H12N4O2S. The topological polar surface area (TPSA) is 84.0 Å². The Morgan fingerprint density at radius 2 is 1.73 bits per heavy atom. The van der Waals surface area contributed by atoms with Crippen molar-refractivity contribution in [3.8, 4) is 0 Å². The van der Waals surface area contributed by atoms with Crippen LogP contribution in [0.2, 0.25) is 0 Å². The number of aryl methyl sites for hydroxylation is 1. The highest BCUT2D eigenvalue weighted by Gasteiger charge is 2.15. The van der Waals surface area contributed by atoms with Crippen molar-refractivity contribution < 1.29 is 9.59 Å². The summed E-state index contributed by atoms with van der Waals surface area (Å²) in [5, 5.41) is 5.55. The number of aromatic nitrogens is 2. The van der Waals surface area contributed by atoms with Gasteiger partial charge < -0.3 is 0 Å². The quantitative estimate of drug-likeness (QED) is 0.710. The highest BCUT2D eigenvalue weighted by Crippen LogP contribution is 2.18. The van der Waals surface area contributed by atoms with Gasteiger partial charge in [-0.1, -0.05) is 40.9 Å². The van der Waals surface area contributed by atoms with E-state index in [1.165, 1.54) is 0 Å². The maximum absolute atomic E-state index is 12.3. The van der Waals surface area contributed by atoms with Crippen LogP contribution in [0.5, 0.6) is 0 Å². The molecule has 2 aromatic carbocycles. The van der Waals surface area contributed by atoms with Gasteiger partial charge in [-0.05, 0) is 35.3 Å². The van der Waals surface area contributed by atoms with Crippen LogP contribution in [0.25, 0.3) is 10.8 Å². The molecule has 110 valence electrons. The van der Waals surface area contributed by atoms with Crippen molar-refractivity contribution in [1.29, 1.82) is 0 Å². The lowest BCUT2D eigenvalue weighted by atomic mass is 10.0. The van der Waals surface area contributed by atoms with E-state index in [1.807, 2.05) is 30.3 Å². The fraction of sp³-hybridized carbons (Fsp3) is 0.0667. The fourth-order valence-electron chi connectivity index (χ4n) is 2.10. The summed E-state index contributed by atoms with van der Waals surface area (Å²) in [6.45, 7) is 1.69. The lowest BCUT2D eigenvalue weighted by Crippen LogP contribution is -2.41. The second kappa shape index (κ2) is 5.90. The molecule has 0 unspecified atom stereocenters. The Kier molecular flexibility index (Phi) is 3.80. The minimum atomic E-state index is -0.430. The average Bonchev–Trinajstić information content (AvgIpc) is 2.98. The first-order valence-corrected chi connectivity index (χ1v) is 7.31. The molecule has 3 aromatic rings. The standard InChI is InChI=1S/C15H12N4O2S/c1-9-13(22-19-16-9)15(21)18-17-14(20)12-8-4-6-10-5-2-3-7-11(10)12/h2-8H,1H3,(H,17,20)(H,18,21). The normalized spacial score (nSPS) is 10.4. The molecule has 0 aliphatic carbocycles. The monoisotopic (exact) mass is 312 g/mol. The number of fused-ring (bicyclic) bond motifs is 1. The van der Waals surface area contributed by atoms with Gasteiger partial charge in [-0.3, -0.25) is 20.4 Å². The van der Waals surface area contributed by atoms with E-state index in [1.54, 1.807) is 19.1 Å². The molecule has 6 nitrogen and oxygen atoms in total. The number of benzene rings is 2. The second-order valence-electron chi connectivity index (χ2n) is 4.62. The van der Waals surface area contributed by atoms with E-state index >= 15 is 0 Å². The number of carbonyl (C=O) groups excluding carboxylic acids is 2. The molecule has 22 heavy (non-hydrogen) atoms. The van der Waals surface area contributed by atoms with E-state index in [2.05, 4.69) is 20.4 Å². The molecule has 1 heterocycles. The Bertz CT molecular complexity index is 854.